The summed E-state index contributed by atoms with van der Waals surface area (Å²) in [5, 5.41) is 9.02. The third-order valence-corrected chi connectivity index (χ3v) is 5.74. The molecule has 2 aliphatic rings. The standard InChI is InChI=1S/C20H20F3N5O/c1-29-19-18(25-6-7-26-19)27-8-4-14-5-9-28(17(14)12-27)16-3-2-13(11-24)10-15(16)20(21,22)23/h2-3,6-7,10,14,17H,4-5,8-9,12H2,1H3. The van der Waals surface area contributed by atoms with Crippen LogP contribution in [0.2, 0.25) is 0 Å². The van der Waals surface area contributed by atoms with Gasteiger partial charge in [-0.05, 0) is 37.0 Å². The first-order chi connectivity index (χ1) is 13.9. The van der Waals surface area contributed by atoms with Gasteiger partial charge >= 0.3 is 6.18 Å². The topological polar surface area (TPSA) is 65.3 Å². The monoisotopic (exact) mass is 403 g/mol. The molecule has 29 heavy (non-hydrogen) atoms. The van der Waals surface area contributed by atoms with Gasteiger partial charge in [0, 0.05) is 43.8 Å². The molecule has 0 bridgehead atoms. The largest absolute Gasteiger partial charge is 0.478 e. The van der Waals surface area contributed by atoms with Crippen molar-refractivity contribution in [1.29, 1.82) is 5.26 Å². The average molecular weight is 403 g/mol. The fourth-order valence-corrected chi connectivity index (χ4v) is 4.39. The number of ether oxygens (including phenoxy) is 1. The fraction of sp³-hybridized carbons (Fsp3) is 0.450. The average Bonchev–Trinajstić information content (AvgIpc) is 3.15. The molecule has 9 heteroatoms. The molecule has 2 fully saturated rings. The van der Waals surface area contributed by atoms with Crippen LogP contribution in [-0.4, -0.2) is 42.8 Å². The Hall–Kier alpha value is -3.02. The molecular formula is C20H20F3N5O. The summed E-state index contributed by atoms with van der Waals surface area (Å²) in [6.07, 6.45) is 0.302. The molecule has 1 aromatic carbocycles. The molecule has 1 aromatic heterocycles. The molecule has 4 rings (SSSR count). The lowest BCUT2D eigenvalue weighted by Crippen LogP contribution is -2.49. The molecule has 2 saturated heterocycles. The van der Waals surface area contributed by atoms with E-state index >= 15 is 0 Å². The number of methoxy groups -OCH3 is 1. The lowest BCUT2D eigenvalue weighted by atomic mass is 9.92. The number of alkyl halides is 3. The molecule has 6 nitrogen and oxygen atoms in total. The van der Waals surface area contributed by atoms with Crippen LogP contribution in [0, 0.1) is 17.2 Å². The van der Waals surface area contributed by atoms with Gasteiger partial charge in [-0.3, -0.25) is 0 Å². The van der Waals surface area contributed by atoms with E-state index in [-0.39, 0.29) is 17.3 Å². The second kappa shape index (κ2) is 7.43. The van der Waals surface area contributed by atoms with E-state index in [4.69, 9.17) is 10.00 Å². The van der Waals surface area contributed by atoms with Gasteiger partial charge in [0.2, 0.25) is 0 Å². The normalized spacial score (nSPS) is 21.6. The molecule has 3 heterocycles. The SMILES string of the molecule is COc1nccnc1N1CCC2CCN(c3ccc(C#N)cc3C(F)(F)F)C2C1. The number of halogens is 3. The Morgan fingerprint density at radius 1 is 1.17 bits per heavy atom. The summed E-state index contributed by atoms with van der Waals surface area (Å²) in [5.74, 6) is 1.33. The van der Waals surface area contributed by atoms with Crippen molar-refractivity contribution in [3.05, 3.63) is 41.7 Å². The van der Waals surface area contributed by atoms with Crippen LogP contribution in [0.5, 0.6) is 5.88 Å². The number of rotatable bonds is 3. The molecule has 0 spiro atoms. The summed E-state index contributed by atoms with van der Waals surface area (Å²) in [6, 6.07) is 5.53. The number of nitrogens with zero attached hydrogens (tertiary/aromatic N) is 5. The molecular weight excluding hydrogens is 383 g/mol. The first kappa shape index (κ1) is 19.3. The van der Waals surface area contributed by atoms with E-state index in [2.05, 4.69) is 9.97 Å². The smallest absolute Gasteiger partial charge is 0.418 e. The molecule has 0 radical (unpaired) electrons. The van der Waals surface area contributed by atoms with Crippen LogP contribution in [0.1, 0.15) is 24.0 Å². The van der Waals surface area contributed by atoms with Gasteiger partial charge in [-0.2, -0.15) is 18.4 Å². The lowest BCUT2D eigenvalue weighted by molar-refractivity contribution is -0.137. The van der Waals surface area contributed by atoms with Crippen LogP contribution in [0.3, 0.4) is 0 Å². The minimum Gasteiger partial charge on any atom is -0.478 e. The second-order valence-corrected chi connectivity index (χ2v) is 7.27. The van der Waals surface area contributed by atoms with Crippen LogP contribution in [0.4, 0.5) is 24.7 Å². The molecule has 0 aliphatic carbocycles. The first-order valence-corrected chi connectivity index (χ1v) is 9.40. The molecule has 0 amide bonds. The van der Waals surface area contributed by atoms with Crippen molar-refractivity contribution in [2.75, 3.05) is 36.5 Å². The Balaban J connectivity index is 1.67. The number of fused-ring (bicyclic) bond motifs is 1. The highest BCUT2D eigenvalue weighted by Crippen LogP contribution is 2.43. The summed E-state index contributed by atoms with van der Waals surface area (Å²) < 4.78 is 46.4. The van der Waals surface area contributed by atoms with Crippen LogP contribution >= 0.6 is 0 Å². The molecule has 2 unspecified atom stereocenters. The van der Waals surface area contributed by atoms with Crippen LogP contribution in [0.15, 0.2) is 30.6 Å². The lowest BCUT2D eigenvalue weighted by Gasteiger charge is -2.40. The van der Waals surface area contributed by atoms with Crippen LogP contribution in [-0.2, 0) is 6.18 Å². The number of nitriles is 1. The highest BCUT2D eigenvalue weighted by molar-refractivity contribution is 5.60. The second-order valence-electron chi connectivity index (χ2n) is 7.27. The van der Waals surface area contributed by atoms with Gasteiger partial charge in [-0.1, -0.05) is 0 Å². The van der Waals surface area contributed by atoms with Crippen LogP contribution < -0.4 is 14.5 Å². The molecule has 2 aliphatic heterocycles. The van der Waals surface area contributed by atoms with E-state index in [0.29, 0.717) is 30.7 Å². The van der Waals surface area contributed by atoms with Crippen molar-refractivity contribution in [1.82, 2.24) is 9.97 Å². The van der Waals surface area contributed by atoms with E-state index in [1.54, 1.807) is 18.5 Å². The summed E-state index contributed by atoms with van der Waals surface area (Å²) in [7, 11) is 1.52. The van der Waals surface area contributed by atoms with Gasteiger partial charge in [0.25, 0.3) is 5.88 Å². The number of piperidine rings is 1. The van der Waals surface area contributed by atoms with Crippen molar-refractivity contribution in [2.45, 2.75) is 25.1 Å². The zero-order valence-electron chi connectivity index (χ0n) is 15.9. The highest BCUT2D eigenvalue weighted by Gasteiger charge is 2.43. The van der Waals surface area contributed by atoms with Gasteiger partial charge in [0.05, 0.1) is 24.3 Å². The van der Waals surface area contributed by atoms with Gasteiger partial charge in [0.1, 0.15) is 0 Å². The Morgan fingerprint density at radius 3 is 2.66 bits per heavy atom. The molecule has 152 valence electrons. The van der Waals surface area contributed by atoms with E-state index in [0.717, 1.165) is 25.5 Å². The van der Waals surface area contributed by atoms with Crippen LogP contribution in [0.25, 0.3) is 0 Å². The minimum absolute atomic E-state index is 0.00592. The molecule has 0 N–H and O–H groups in total. The quantitative estimate of drug-likeness (QED) is 0.782. The van der Waals surface area contributed by atoms with E-state index < -0.39 is 11.7 Å². The van der Waals surface area contributed by atoms with E-state index in [1.165, 1.54) is 19.2 Å². The summed E-state index contributed by atoms with van der Waals surface area (Å²) in [4.78, 5) is 12.4. The third kappa shape index (κ3) is 3.55. The third-order valence-electron chi connectivity index (χ3n) is 5.74. The number of anilines is 2. The summed E-state index contributed by atoms with van der Waals surface area (Å²) >= 11 is 0. The van der Waals surface area contributed by atoms with Gasteiger partial charge < -0.3 is 14.5 Å². The minimum atomic E-state index is -4.53. The Labute approximate surface area is 166 Å². The predicted molar refractivity (Wildman–Crippen MR) is 101 cm³/mol. The zero-order valence-corrected chi connectivity index (χ0v) is 15.9. The Bertz CT molecular complexity index is 942. The van der Waals surface area contributed by atoms with Gasteiger partial charge in [-0.15, -0.1) is 0 Å². The van der Waals surface area contributed by atoms with Crippen molar-refractivity contribution >= 4 is 11.5 Å². The molecule has 2 atom stereocenters. The van der Waals surface area contributed by atoms with Crippen molar-refractivity contribution in [2.24, 2.45) is 5.92 Å². The van der Waals surface area contributed by atoms with Crippen molar-refractivity contribution in [3.63, 3.8) is 0 Å². The van der Waals surface area contributed by atoms with E-state index in [9.17, 15) is 13.2 Å². The Morgan fingerprint density at radius 2 is 1.93 bits per heavy atom. The van der Waals surface area contributed by atoms with Crippen molar-refractivity contribution in [3.8, 4) is 11.9 Å². The molecule has 2 aromatic rings. The number of benzene rings is 1. The zero-order chi connectivity index (χ0) is 20.6. The first-order valence-electron chi connectivity index (χ1n) is 9.40. The predicted octanol–water partition coefficient (Wildman–Crippen LogP) is 3.48. The Kier molecular flexibility index (Phi) is 4.94. The maximum Gasteiger partial charge on any atom is 0.418 e. The molecule has 0 saturated carbocycles. The van der Waals surface area contributed by atoms with Crippen molar-refractivity contribution < 1.29 is 17.9 Å². The van der Waals surface area contributed by atoms with E-state index in [1.807, 2.05) is 9.80 Å². The number of hydrogen-bond acceptors (Lipinski definition) is 6. The summed E-state index contributed by atoms with van der Waals surface area (Å²) in [5.41, 5.74) is -0.616. The van der Waals surface area contributed by atoms with Gasteiger partial charge in [-0.25, -0.2) is 9.97 Å². The maximum absolute atomic E-state index is 13.7. The number of hydrogen-bond donors (Lipinski definition) is 0. The number of aromatic nitrogens is 2. The summed E-state index contributed by atoms with van der Waals surface area (Å²) in [6.45, 7) is 1.84. The van der Waals surface area contributed by atoms with Gasteiger partial charge in [0.15, 0.2) is 5.82 Å². The maximum atomic E-state index is 13.7. The fourth-order valence-electron chi connectivity index (χ4n) is 4.39. The highest BCUT2D eigenvalue weighted by atomic mass is 19.4.